The number of hydrogen-bond donors (Lipinski definition) is 0. The fourth-order valence-corrected chi connectivity index (χ4v) is 1.94. The number of cyclic esters (lactones) is 2. The maximum atomic E-state index is 11.2. The van der Waals surface area contributed by atoms with Crippen LogP contribution in [0.5, 0.6) is 0 Å². The maximum Gasteiger partial charge on any atom is 0.321 e. The molecule has 1 saturated heterocycles. The average Bonchev–Trinajstić information content (AvgIpc) is 2.36. The molecule has 0 bridgehead atoms. The second kappa shape index (κ2) is 2.55. The highest BCUT2D eigenvalue weighted by Gasteiger charge is 2.48. The van der Waals surface area contributed by atoms with Crippen molar-refractivity contribution in [2.75, 3.05) is 0 Å². The first-order chi connectivity index (χ1) is 6.11. The minimum Gasteiger partial charge on any atom is -0.392 e. The van der Waals surface area contributed by atoms with Gasteiger partial charge in [-0.15, -0.1) is 0 Å². The summed E-state index contributed by atoms with van der Waals surface area (Å²) in [6.07, 6.45) is 1.48. The number of rotatable bonds is 0. The first-order valence-electron chi connectivity index (χ1n) is 4.22. The van der Waals surface area contributed by atoms with Gasteiger partial charge in [0.1, 0.15) is 0 Å². The summed E-state index contributed by atoms with van der Waals surface area (Å²) in [5.41, 5.74) is 1.60. The Morgan fingerprint density at radius 3 is 1.77 bits per heavy atom. The minimum absolute atomic E-state index is 0.450. The molecule has 0 N–H and O–H groups in total. The Balaban J connectivity index is 2.40. The van der Waals surface area contributed by atoms with Gasteiger partial charge in [0.05, 0.1) is 11.8 Å². The summed E-state index contributed by atoms with van der Waals surface area (Å²) in [4.78, 5) is 22.5. The average molecular weight is 178 g/mol. The lowest BCUT2D eigenvalue weighted by Gasteiger charge is -2.24. The van der Waals surface area contributed by atoms with E-state index in [-0.39, 0.29) is 0 Å². The maximum absolute atomic E-state index is 11.2. The molecule has 0 aromatic heterocycles. The molecule has 2 fully saturated rings. The van der Waals surface area contributed by atoms with Crippen molar-refractivity contribution in [1.29, 1.82) is 0 Å². The fourth-order valence-electron chi connectivity index (χ4n) is 1.94. The van der Waals surface area contributed by atoms with Gasteiger partial charge < -0.3 is 4.74 Å². The summed E-state index contributed by atoms with van der Waals surface area (Å²) in [6.45, 7) is 7.56. The standard InChI is InChI=1S/C10H10O3/c1-5-3-4-6(2)8-7(5)9(11)13-10(8)12/h7-8H,1-4H2. The molecule has 3 nitrogen and oxygen atoms in total. The lowest BCUT2D eigenvalue weighted by atomic mass is 9.75. The third-order valence-electron chi connectivity index (χ3n) is 2.69. The molecule has 2 atom stereocenters. The van der Waals surface area contributed by atoms with Gasteiger partial charge in [-0.05, 0) is 12.8 Å². The third-order valence-corrected chi connectivity index (χ3v) is 2.69. The Bertz CT molecular complexity index is 295. The van der Waals surface area contributed by atoms with E-state index >= 15 is 0 Å². The lowest BCUT2D eigenvalue weighted by molar-refractivity contribution is -0.153. The number of ether oxygens (including phenoxy) is 1. The van der Waals surface area contributed by atoms with Crippen molar-refractivity contribution in [2.24, 2.45) is 11.8 Å². The highest BCUT2D eigenvalue weighted by molar-refractivity contribution is 6.00. The zero-order valence-electron chi connectivity index (χ0n) is 7.21. The van der Waals surface area contributed by atoms with E-state index in [9.17, 15) is 9.59 Å². The van der Waals surface area contributed by atoms with Gasteiger partial charge >= 0.3 is 11.9 Å². The van der Waals surface area contributed by atoms with E-state index in [1.165, 1.54) is 0 Å². The van der Waals surface area contributed by atoms with Crippen LogP contribution in [-0.4, -0.2) is 11.9 Å². The van der Waals surface area contributed by atoms with Gasteiger partial charge in [-0.2, -0.15) is 0 Å². The molecular formula is C10H10O3. The molecule has 0 spiro atoms. The lowest BCUT2D eigenvalue weighted by Crippen LogP contribution is -2.25. The van der Waals surface area contributed by atoms with Crippen LogP contribution in [0, 0.1) is 11.8 Å². The Labute approximate surface area is 76.1 Å². The van der Waals surface area contributed by atoms with Crippen molar-refractivity contribution in [3.05, 3.63) is 24.3 Å². The molecule has 1 aliphatic carbocycles. The summed E-state index contributed by atoms with van der Waals surface area (Å²) in [5.74, 6) is -1.82. The van der Waals surface area contributed by atoms with Crippen LogP contribution in [0.3, 0.4) is 0 Å². The molecule has 3 heteroatoms. The fraction of sp³-hybridized carbons (Fsp3) is 0.400. The van der Waals surface area contributed by atoms with E-state index < -0.39 is 23.8 Å². The molecule has 0 radical (unpaired) electrons. The van der Waals surface area contributed by atoms with Gasteiger partial charge in [-0.25, -0.2) is 0 Å². The molecule has 0 aromatic rings. The molecular weight excluding hydrogens is 168 g/mol. The first kappa shape index (κ1) is 8.23. The van der Waals surface area contributed by atoms with E-state index in [0.29, 0.717) is 0 Å². The second-order valence-electron chi connectivity index (χ2n) is 3.51. The largest absolute Gasteiger partial charge is 0.392 e. The third kappa shape index (κ3) is 1.03. The molecule has 1 heterocycles. The highest BCUT2D eigenvalue weighted by atomic mass is 16.6. The number of hydrogen-bond acceptors (Lipinski definition) is 3. The smallest absolute Gasteiger partial charge is 0.321 e. The van der Waals surface area contributed by atoms with Crippen LogP contribution < -0.4 is 0 Å². The van der Waals surface area contributed by atoms with E-state index in [1.807, 2.05) is 0 Å². The predicted octanol–water partition coefficient (Wildman–Crippen LogP) is 1.21. The molecule has 0 amide bonds. The Morgan fingerprint density at radius 1 is 1.00 bits per heavy atom. The van der Waals surface area contributed by atoms with Crippen LogP contribution in [-0.2, 0) is 14.3 Å². The Morgan fingerprint density at radius 2 is 1.38 bits per heavy atom. The normalized spacial score (nSPS) is 33.2. The van der Waals surface area contributed by atoms with Gasteiger partial charge in [0.2, 0.25) is 0 Å². The first-order valence-corrected chi connectivity index (χ1v) is 4.22. The summed E-state index contributed by atoms with van der Waals surface area (Å²) in [5, 5.41) is 0. The molecule has 68 valence electrons. The van der Waals surface area contributed by atoms with Crippen LogP contribution >= 0.6 is 0 Å². The zero-order valence-corrected chi connectivity index (χ0v) is 7.21. The van der Waals surface area contributed by atoms with Crippen molar-refractivity contribution >= 4 is 11.9 Å². The van der Waals surface area contributed by atoms with E-state index in [0.717, 1.165) is 24.0 Å². The van der Waals surface area contributed by atoms with E-state index in [4.69, 9.17) is 0 Å². The topological polar surface area (TPSA) is 43.4 Å². The molecule has 2 unspecified atom stereocenters. The van der Waals surface area contributed by atoms with Crippen molar-refractivity contribution in [3.63, 3.8) is 0 Å². The van der Waals surface area contributed by atoms with Crippen molar-refractivity contribution in [3.8, 4) is 0 Å². The van der Waals surface area contributed by atoms with Crippen molar-refractivity contribution in [1.82, 2.24) is 0 Å². The van der Waals surface area contributed by atoms with E-state index in [2.05, 4.69) is 17.9 Å². The van der Waals surface area contributed by atoms with Crippen LogP contribution in [0.15, 0.2) is 24.3 Å². The number of esters is 2. The molecule has 1 saturated carbocycles. The highest BCUT2D eigenvalue weighted by Crippen LogP contribution is 2.41. The SMILES string of the molecule is C=C1CCC(=C)C2C(=O)OC(=O)C12. The van der Waals surface area contributed by atoms with Crippen LogP contribution in [0.4, 0.5) is 0 Å². The minimum atomic E-state index is -0.458. The summed E-state index contributed by atoms with van der Waals surface area (Å²) < 4.78 is 4.55. The number of carbonyl (C=O) groups is 2. The van der Waals surface area contributed by atoms with Crippen LogP contribution in [0.1, 0.15) is 12.8 Å². The van der Waals surface area contributed by atoms with Gasteiger partial charge in [-0.3, -0.25) is 9.59 Å². The second-order valence-corrected chi connectivity index (χ2v) is 3.51. The summed E-state index contributed by atoms with van der Waals surface area (Å²) in [7, 11) is 0. The van der Waals surface area contributed by atoms with E-state index in [1.54, 1.807) is 0 Å². The molecule has 1 aliphatic heterocycles. The Hall–Kier alpha value is -1.38. The van der Waals surface area contributed by atoms with Crippen LogP contribution in [0.25, 0.3) is 0 Å². The number of carbonyl (C=O) groups excluding carboxylic acids is 2. The van der Waals surface area contributed by atoms with Gasteiger partial charge in [0.15, 0.2) is 0 Å². The van der Waals surface area contributed by atoms with Gasteiger partial charge in [0, 0.05) is 0 Å². The van der Waals surface area contributed by atoms with Gasteiger partial charge in [-0.1, -0.05) is 24.3 Å². The molecule has 0 aromatic carbocycles. The van der Waals surface area contributed by atoms with Crippen LogP contribution in [0.2, 0.25) is 0 Å². The molecule has 13 heavy (non-hydrogen) atoms. The molecule has 2 aliphatic rings. The summed E-state index contributed by atoms with van der Waals surface area (Å²) in [6, 6.07) is 0. The monoisotopic (exact) mass is 178 g/mol. The molecule has 2 rings (SSSR count). The van der Waals surface area contributed by atoms with Crippen molar-refractivity contribution in [2.45, 2.75) is 12.8 Å². The Kier molecular flexibility index (Phi) is 1.62. The zero-order chi connectivity index (χ0) is 9.59. The quantitative estimate of drug-likeness (QED) is 0.318. The van der Waals surface area contributed by atoms with Crippen molar-refractivity contribution < 1.29 is 14.3 Å². The van der Waals surface area contributed by atoms with Gasteiger partial charge in [0.25, 0.3) is 0 Å². The predicted molar refractivity (Wildman–Crippen MR) is 45.6 cm³/mol. The summed E-state index contributed by atoms with van der Waals surface area (Å²) >= 11 is 0. The number of fused-ring (bicyclic) bond motifs is 1.